The zero-order valence-corrected chi connectivity index (χ0v) is 15.4. The van der Waals surface area contributed by atoms with E-state index in [1.165, 1.54) is 24.3 Å². The van der Waals surface area contributed by atoms with Crippen molar-refractivity contribution in [1.82, 2.24) is 14.8 Å². The smallest absolute Gasteiger partial charge is 0.329 e. The Bertz CT molecular complexity index is 957. The maximum atomic E-state index is 12.6. The van der Waals surface area contributed by atoms with Gasteiger partial charge in [0, 0.05) is 30.1 Å². The third kappa shape index (κ3) is 3.46. The van der Waals surface area contributed by atoms with Crippen LogP contribution in [-0.4, -0.2) is 26.3 Å². The van der Waals surface area contributed by atoms with E-state index in [9.17, 15) is 19.7 Å². The average molecular weight is 368 g/mol. The highest BCUT2D eigenvalue weighted by molar-refractivity contribution is 6.13. The number of nitrogens with zero attached hydrogens (tertiary/aromatic N) is 3. The third-order valence-electron chi connectivity index (χ3n) is 4.68. The van der Waals surface area contributed by atoms with Gasteiger partial charge in [0.05, 0.1) is 11.5 Å². The van der Waals surface area contributed by atoms with Crippen molar-refractivity contribution < 1.29 is 14.5 Å². The molecule has 140 valence electrons. The van der Waals surface area contributed by atoms with E-state index in [1.54, 1.807) is 6.08 Å². The van der Waals surface area contributed by atoms with Gasteiger partial charge in [-0.25, -0.2) is 4.79 Å². The van der Waals surface area contributed by atoms with Crippen molar-refractivity contribution in [3.05, 3.63) is 68.7 Å². The fourth-order valence-corrected chi connectivity index (χ4v) is 3.24. The van der Waals surface area contributed by atoms with Gasteiger partial charge in [0.1, 0.15) is 5.70 Å². The van der Waals surface area contributed by atoms with Crippen molar-refractivity contribution in [3.63, 3.8) is 0 Å². The van der Waals surface area contributed by atoms with E-state index in [0.29, 0.717) is 5.56 Å². The first-order valence-corrected chi connectivity index (χ1v) is 8.56. The first-order chi connectivity index (χ1) is 12.8. The number of imide groups is 1. The Hall–Kier alpha value is -3.42. The van der Waals surface area contributed by atoms with Crippen LogP contribution >= 0.6 is 0 Å². The topological polar surface area (TPSA) is 97.5 Å². The highest BCUT2D eigenvalue weighted by Crippen LogP contribution is 2.22. The quantitative estimate of drug-likeness (QED) is 0.379. The number of carbonyl (C=O) groups excluding carboxylic acids is 2. The van der Waals surface area contributed by atoms with Crippen LogP contribution in [0.25, 0.3) is 6.08 Å². The highest BCUT2D eigenvalue weighted by atomic mass is 16.6. The Morgan fingerprint density at radius 3 is 2.41 bits per heavy atom. The van der Waals surface area contributed by atoms with Gasteiger partial charge in [-0.2, -0.15) is 0 Å². The number of nitro groups is 1. The number of carbonyl (C=O) groups is 2. The summed E-state index contributed by atoms with van der Waals surface area (Å²) >= 11 is 0. The summed E-state index contributed by atoms with van der Waals surface area (Å²) in [5.74, 6) is -0.417. The summed E-state index contributed by atoms with van der Waals surface area (Å²) in [6.45, 7) is 6.89. The summed E-state index contributed by atoms with van der Waals surface area (Å²) in [7, 11) is 0. The van der Waals surface area contributed by atoms with Crippen LogP contribution in [0.4, 0.5) is 10.5 Å². The summed E-state index contributed by atoms with van der Waals surface area (Å²) in [4.78, 5) is 36.2. The molecule has 2 heterocycles. The van der Waals surface area contributed by atoms with E-state index in [4.69, 9.17) is 0 Å². The minimum atomic E-state index is -0.506. The highest BCUT2D eigenvalue weighted by Gasteiger charge is 2.33. The Morgan fingerprint density at radius 1 is 1.19 bits per heavy atom. The molecule has 27 heavy (non-hydrogen) atoms. The third-order valence-corrected chi connectivity index (χ3v) is 4.68. The van der Waals surface area contributed by atoms with Crippen molar-refractivity contribution in [3.8, 4) is 0 Å². The predicted octanol–water partition coefficient (Wildman–Crippen LogP) is 3.13. The summed E-state index contributed by atoms with van der Waals surface area (Å²) in [5, 5.41) is 13.3. The van der Waals surface area contributed by atoms with Crippen molar-refractivity contribution in [2.75, 3.05) is 0 Å². The summed E-state index contributed by atoms with van der Waals surface area (Å²) in [6.07, 6.45) is 1.69. The standard InChI is InChI=1S/C19H20N4O4/c1-4-21-12(2)9-15(13(21)3)10-17-18(24)22(19(25)20-17)11-14-5-7-16(8-6-14)23(26)27/h5-10H,4,11H2,1-3H3,(H,20,25)/b17-10+. The SMILES string of the molecule is CCn1c(C)cc(/C=C2/NC(=O)N(Cc3ccc([N+](=O)[O-])cc3)C2=O)c1C. The molecule has 1 aromatic carbocycles. The number of hydrogen-bond donors (Lipinski definition) is 1. The lowest BCUT2D eigenvalue weighted by Crippen LogP contribution is -2.30. The van der Waals surface area contributed by atoms with Crippen molar-refractivity contribution in [1.29, 1.82) is 0 Å². The van der Waals surface area contributed by atoms with E-state index in [1.807, 2.05) is 26.8 Å². The molecule has 1 aromatic heterocycles. The minimum Gasteiger partial charge on any atom is -0.349 e. The van der Waals surface area contributed by atoms with Crippen LogP contribution in [0.5, 0.6) is 0 Å². The molecular formula is C19H20N4O4. The number of urea groups is 1. The second-order valence-electron chi connectivity index (χ2n) is 6.37. The molecule has 3 amide bonds. The lowest BCUT2D eigenvalue weighted by Gasteiger charge is -2.11. The van der Waals surface area contributed by atoms with Gasteiger partial charge in [-0.05, 0) is 44.0 Å². The number of nitrogens with one attached hydrogen (secondary N) is 1. The molecule has 0 aliphatic carbocycles. The van der Waals surface area contributed by atoms with Crippen LogP contribution in [0.3, 0.4) is 0 Å². The average Bonchev–Trinajstić information content (AvgIpc) is 3.05. The van der Waals surface area contributed by atoms with Crippen molar-refractivity contribution in [2.45, 2.75) is 33.9 Å². The molecule has 0 saturated carbocycles. The van der Waals surface area contributed by atoms with E-state index >= 15 is 0 Å². The van der Waals surface area contributed by atoms with Gasteiger partial charge in [-0.1, -0.05) is 12.1 Å². The van der Waals surface area contributed by atoms with Crippen molar-refractivity contribution >= 4 is 23.7 Å². The molecule has 0 spiro atoms. The maximum Gasteiger partial charge on any atom is 0.329 e. The molecule has 0 unspecified atom stereocenters. The molecule has 0 radical (unpaired) electrons. The van der Waals surface area contributed by atoms with Gasteiger partial charge < -0.3 is 9.88 Å². The largest absolute Gasteiger partial charge is 0.349 e. The van der Waals surface area contributed by atoms with E-state index < -0.39 is 16.9 Å². The lowest BCUT2D eigenvalue weighted by atomic mass is 10.2. The van der Waals surface area contributed by atoms with Crippen molar-refractivity contribution in [2.24, 2.45) is 0 Å². The fourth-order valence-electron chi connectivity index (χ4n) is 3.24. The zero-order valence-electron chi connectivity index (χ0n) is 15.4. The Labute approximate surface area is 156 Å². The molecule has 1 N–H and O–H groups in total. The van der Waals surface area contributed by atoms with Crippen LogP contribution in [0, 0.1) is 24.0 Å². The van der Waals surface area contributed by atoms with Gasteiger partial charge in [-0.15, -0.1) is 0 Å². The first-order valence-electron chi connectivity index (χ1n) is 8.56. The van der Waals surface area contributed by atoms with Gasteiger partial charge in [0.2, 0.25) is 0 Å². The van der Waals surface area contributed by atoms with Gasteiger partial charge in [-0.3, -0.25) is 19.8 Å². The van der Waals surface area contributed by atoms with E-state index in [-0.39, 0.29) is 17.9 Å². The monoisotopic (exact) mass is 368 g/mol. The second kappa shape index (κ2) is 7.06. The van der Waals surface area contributed by atoms with Crippen LogP contribution in [0.2, 0.25) is 0 Å². The van der Waals surface area contributed by atoms with Crippen LogP contribution in [-0.2, 0) is 17.9 Å². The molecule has 3 rings (SSSR count). The Balaban J connectivity index is 1.81. The number of aryl methyl sites for hydroxylation is 1. The Morgan fingerprint density at radius 2 is 1.85 bits per heavy atom. The maximum absolute atomic E-state index is 12.6. The fraction of sp³-hybridized carbons (Fsp3) is 0.263. The zero-order chi connectivity index (χ0) is 19.7. The Kier molecular flexibility index (Phi) is 4.81. The van der Waals surface area contributed by atoms with Crippen LogP contribution in [0.15, 0.2) is 36.0 Å². The second-order valence-corrected chi connectivity index (χ2v) is 6.37. The molecule has 8 heteroatoms. The van der Waals surface area contributed by atoms with Gasteiger partial charge in [0.25, 0.3) is 11.6 Å². The van der Waals surface area contributed by atoms with E-state index in [2.05, 4.69) is 9.88 Å². The molecule has 1 aliphatic heterocycles. The normalized spacial score (nSPS) is 15.5. The number of non-ortho nitro benzene ring substituents is 1. The van der Waals surface area contributed by atoms with Crippen LogP contribution < -0.4 is 5.32 Å². The molecule has 1 fully saturated rings. The number of amides is 3. The number of aromatic nitrogens is 1. The van der Waals surface area contributed by atoms with Crippen LogP contribution in [0.1, 0.15) is 29.4 Å². The minimum absolute atomic E-state index is 0.0391. The number of benzene rings is 1. The van der Waals surface area contributed by atoms with E-state index in [0.717, 1.165) is 28.4 Å². The number of nitro benzene ring substituents is 1. The lowest BCUT2D eigenvalue weighted by molar-refractivity contribution is -0.384. The summed E-state index contributed by atoms with van der Waals surface area (Å²) in [5.41, 5.74) is 3.81. The molecular weight excluding hydrogens is 348 g/mol. The first kappa shape index (κ1) is 18.4. The number of rotatable bonds is 5. The summed E-state index contributed by atoms with van der Waals surface area (Å²) in [6, 6.07) is 7.25. The van der Waals surface area contributed by atoms with Gasteiger partial charge >= 0.3 is 6.03 Å². The predicted molar refractivity (Wildman–Crippen MR) is 99.7 cm³/mol. The summed E-state index contributed by atoms with van der Waals surface area (Å²) < 4.78 is 2.13. The molecule has 0 atom stereocenters. The molecule has 2 aromatic rings. The van der Waals surface area contributed by atoms with Gasteiger partial charge in [0.15, 0.2) is 0 Å². The molecule has 1 aliphatic rings. The number of hydrogen-bond acceptors (Lipinski definition) is 4. The molecule has 1 saturated heterocycles. The molecule has 0 bridgehead atoms. The molecule has 8 nitrogen and oxygen atoms in total.